The lowest BCUT2D eigenvalue weighted by molar-refractivity contribution is -0.117. The van der Waals surface area contributed by atoms with E-state index < -0.39 is 5.82 Å². The number of amides is 2. The Bertz CT molecular complexity index is 759. The van der Waals surface area contributed by atoms with Gasteiger partial charge in [-0.05, 0) is 49.2 Å². The molecule has 0 unspecified atom stereocenters. The average Bonchev–Trinajstić information content (AvgIpc) is 2.52. The fourth-order valence-electron chi connectivity index (χ4n) is 2.37. The first-order valence-corrected chi connectivity index (χ1v) is 7.78. The Balaban J connectivity index is 2.01. The predicted octanol–water partition coefficient (Wildman–Crippen LogP) is 3.82. The van der Waals surface area contributed by atoms with Crippen molar-refractivity contribution in [3.8, 4) is 0 Å². The van der Waals surface area contributed by atoms with Gasteiger partial charge in [-0.1, -0.05) is 18.2 Å². The number of rotatable bonds is 5. The van der Waals surface area contributed by atoms with Crippen molar-refractivity contribution in [2.75, 3.05) is 16.8 Å². The Morgan fingerprint density at radius 1 is 1.08 bits per heavy atom. The number of aryl methyl sites for hydroxylation is 2. The molecular formula is C19H21FN2O2. The molecule has 0 aromatic heterocycles. The highest BCUT2D eigenvalue weighted by molar-refractivity contribution is 5.94. The van der Waals surface area contributed by atoms with Crippen LogP contribution in [0.3, 0.4) is 0 Å². The molecule has 0 aliphatic rings. The van der Waals surface area contributed by atoms with E-state index in [1.165, 1.54) is 24.0 Å². The molecule has 0 atom stereocenters. The van der Waals surface area contributed by atoms with Crippen molar-refractivity contribution in [2.24, 2.45) is 0 Å². The van der Waals surface area contributed by atoms with Crippen LogP contribution >= 0.6 is 0 Å². The second-order valence-corrected chi connectivity index (χ2v) is 5.72. The second kappa shape index (κ2) is 7.73. The smallest absolute Gasteiger partial charge is 0.226 e. The summed E-state index contributed by atoms with van der Waals surface area (Å²) >= 11 is 0. The Morgan fingerprint density at radius 2 is 1.79 bits per heavy atom. The van der Waals surface area contributed by atoms with Crippen molar-refractivity contribution < 1.29 is 14.0 Å². The molecule has 0 spiro atoms. The van der Waals surface area contributed by atoms with Crippen LogP contribution in [0.1, 0.15) is 24.5 Å². The number of anilines is 2. The molecule has 0 radical (unpaired) electrons. The average molecular weight is 328 g/mol. The molecule has 0 saturated heterocycles. The van der Waals surface area contributed by atoms with Crippen molar-refractivity contribution in [3.63, 3.8) is 0 Å². The minimum atomic E-state index is -0.484. The maximum atomic E-state index is 13.9. The van der Waals surface area contributed by atoms with Gasteiger partial charge in [0.2, 0.25) is 11.8 Å². The quantitative estimate of drug-likeness (QED) is 0.907. The Hall–Kier alpha value is -2.69. The summed E-state index contributed by atoms with van der Waals surface area (Å²) in [4.78, 5) is 25.2. The third-order valence-electron chi connectivity index (χ3n) is 3.88. The summed E-state index contributed by atoms with van der Waals surface area (Å²) in [6, 6.07) is 11.7. The van der Waals surface area contributed by atoms with E-state index in [1.54, 1.807) is 12.1 Å². The fraction of sp³-hybridized carbons (Fsp3) is 0.263. The van der Waals surface area contributed by atoms with E-state index in [2.05, 4.69) is 5.32 Å². The summed E-state index contributed by atoms with van der Waals surface area (Å²) in [6.07, 6.45) is 0.0842. The van der Waals surface area contributed by atoms with E-state index in [4.69, 9.17) is 0 Å². The summed E-state index contributed by atoms with van der Waals surface area (Å²) in [5.41, 5.74) is 3.13. The zero-order chi connectivity index (χ0) is 17.7. The molecule has 2 amide bonds. The van der Waals surface area contributed by atoms with Crippen LogP contribution in [0.4, 0.5) is 15.8 Å². The van der Waals surface area contributed by atoms with Gasteiger partial charge in [-0.3, -0.25) is 9.59 Å². The van der Waals surface area contributed by atoms with E-state index >= 15 is 0 Å². The highest BCUT2D eigenvalue weighted by Gasteiger charge is 2.16. The van der Waals surface area contributed by atoms with Crippen molar-refractivity contribution in [3.05, 3.63) is 59.4 Å². The molecule has 0 fully saturated rings. The van der Waals surface area contributed by atoms with E-state index in [0.29, 0.717) is 5.69 Å². The lowest BCUT2D eigenvalue weighted by Gasteiger charge is -2.21. The molecule has 0 heterocycles. The molecule has 126 valence electrons. The third-order valence-corrected chi connectivity index (χ3v) is 3.88. The molecule has 0 bridgehead atoms. The summed E-state index contributed by atoms with van der Waals surface area (Å²) in [5, 5.41) is 2.80. The largest absolute Gasteiger partial charge is 0.326 e. The first kappa shape index (κ1) is 17.7. The fourth-order valence-corrected chi connectivity index (χ4v) is 2.37. The zero-order valence-electron chi connectivity index (χ0n) is 14.1. The van der Waals surface area contributed by atoms with Crippen LogP contribution in [0.15, 0.2) is 42.5 Å². The predicted molar refractivity (Wildman–Crippen MR) is 93.6 cm³/mol. The number of benzene rings is 2. The Kier molecular flexibility index (Phi) is 5.68. The van der Waals surface area contributed by atoms with Gasteiger partial charge < -0.3 is 10.2 Å². The van der Waals surface area contributed by atoms with Crippen LogP contribution < -0.4 is 10.2 Å². The van der Waals surface area contributed by atoms with Crippen LogP contribution in [-0.2, 0) is 9.59 Å². The number of hydrogen-bond acceptors (Lipinski definition) is 2. The van der Waals surface area contributed by atoms with Gasteiger partial charge in [0.15, 0.2) is 0 Å². The van der Waals surface area contributed by atoms with Gasteiger partial charge >= 0.3 is 0 Å². The van der Waals surface area contributed by atoms with Crippen LogP contribution in [-0.4, -0.2) is 18.4 Å². The van der Waals surface area contributed by atoms with Crippen LogP contribution in [0, 0.1) is 19.7 Å². The van der Waals surface area contributed by atoms with Crippen LogP contribution in [0.25, 0.3) is 0 Å². The Morgan fingerprint density at radius 3 is 2.42 bits per heavy atom. The number of hydrogen-bond donors (Lipinski definition) is 1. The monoisotopic (exact) mass is 328 g/mol. The van der Waals surface area contributed by atoms with Crippen LogP contribution in [0.5, 0.6) is 0 Å². The molecule has 24 heavy (non-hydrogen) atoms. The minimum Gasteiger partial charge on any atom is -0.326 e. The summed E-state index contributed by atoms with van der Waals surface area (Å²) in [5.74, 6) is -1.01. The van der Waals surface area contributed by atoms with Crippen molar-refractivity contribution in [1.29, 1.82) is 0 Å². The highest BCUT2D eigenvalue weighted by Crippen LogP contribution is 2.19. The van der Waals surface area contributed by atoms with Gasteiger partial charge in [0.25, 0.3) is 0 Å². The summed E-state index contributed by atoms with van der Waals surface area (Å²) in [7, 11) is 0. The third kappa shape index (κ3) is 4.41. The normalized spacial score (nSPS) is 10.3. The van der Waals surface area contributed by atoms with Gasteiger partial charge in [-0.2, -0.15) is 0 Å². The van der Waals surface area contributed by atoms with Crippen LogP contribution in [0.2, 0.25) is 0 Å². The molecule has 5 heteroatoms. The first-order valence-electron chi connectivity index (χ1n) is 7.78. The number of carbonyl (C=O) groups excluding carboxylic acids is 2. The Labute approximate surface area is 141 Å². The van der Waals surface area contributed by atoms with Crippen molar-refractivity contribution in [2.45, 2.75) is 27.2 Å². The van der Waals surface area contributed by atoms with Gasteiger partial charge in [-0.15, -0.1) is 0 Å². The number of para-hydroxylation sites is 1. The molecule has 0 aliphatic heterocycles. The molecule has 2 aromatic rings. The molecule has 4 nitrogen and oxygen atoms in total. The van der Waals surface area contributed by atoms with E-state index in [-0.39, 0.29) is 30.5 Å². The lowest BCUT2D eigenvalue weighted by atomic mass is 10.1. The zero-order valence-corrected chi connectivity index (χ0v) is 14.1. The van der Waals surface area contributed by atoms with E-state index in [0.717, 1.165) is 11.1 Å². The topological polar surface area (TPSA) is 49.4 Å². The summed E-state index contributed by atoms with van der Waals surface area (Å²) < 4.78 is 13.9. The molecule has 2 aromatic carbocycles. The van der Waals surface area contributed by atoms with Gasteiger partial charge in [0.1, 0.15) is 5.82 Å². The number of nitrogens with one attached hydrogen (secondary N) is 1. The second-order valence-electron chi connectivity index (χ2n) is 5.72. The molecule has 0 aliphatic carbocycles. The standard InChI is InChI=1S/C19H21FN2O2/c1-13-8-9-16(12-14(13)2)21-19(24)10-11-22(15(3)23)18-7-5-4-6-17(18)20/h4-9,12H,10-11H2,1-3H3,(H,21,24). The van der Waals surface area contributed by atoms with Gasteiger partial charge in [0.05, 0.1) is 5.69 Å². The molecule has 1 N–H and O–H groups in total. The first-order chi connectivity index (χ1) is 11.4. The SMILES string of the molecule is CC(=O)N(CCC(=O)Nc1ccc(C)c(C)c1)c1ccccc1F. The summed E-state index contributed by atoms with van der Waals surface area (Å²) in [6.45, 7) is 5.45. The maximum Gasteiger partial charge on any atom is 0.226 e. The number of halogens is 1. The molecule has 2 rings (SSSR count). The molecule has 0 saturated carbocycles. The highest BCUT2D eigenvalue weighted by atomic mass is 19.1. The lowest BCUT2D eigenvalue weighted by Crippen LogP contribution is -2.32. The van der Waals surface area contributed by atoms with E-state index in [9.17, 15) is 14.0 Å². The number of nitrogens with zero attached hydrogens (tertiary/aromatic N) is 1. The minimum absolute atomic E-state index is 0.0842. The van der Waals surface area contributed by atoms with Crippen molar-refractivity contribution >= 4 is 23.2 Å². The number of carbonyl (C=O) groups is 2. The van der Waals surface area contributed by atoms with Gasteiger partial charge in [-0.25, -0.2) is 4.39 Å². The van der Waals surface area contributed by atoms with E-state index in [1.807, 2.05) is 32.0 Å². The molecular weight excluding hydrogens is 307 g/mol. The van der Waals surface area contributed by atoms with Crippen molar-refractivity contribution in [1.82, 2.24) is 0 Å². The maximum absolute atomic E-state index is 13.9. The van der Waals surface area contributed by atoms with Gasteiger partial charge in [0, 0.05) is 25.6 Å².